The molecule has 28 heavy (non-hydrogen) atoms. The van der Waals surface area contributed by atoms with Crippen LogP contribution in [-0.4, -0.2) is 28.4 Å². The number of carbonyl (C=O) groups is 3. The van der Waals surface area contributed by atoms with E-state index < -0.39 is 17.6 Å². The van der Waals surface area contributed by atoms with E-state index in [0.717, 1.165) is 5.56 Å². The highest BCUT2D eigenvalue weighted by Gasteiger charge is 2.23. The highest BCUT2D eigenvalue weighted by molar-refractivity contribution is 6.30. The van der Waals surface area contributed by atoms with E-state index in [4.69, 9.17) is 16.3 Å². The molecule has 0 bridgehead atoms. The molecule has 0 aliphatic heterocycles. The fraction of sp³-hybridized carbons (Fsp3) is 0.300. The van der Waals surface area contributed by atoms with E-state index in [9.17, 15) is 14.4 Å². The number of hydrogen-bond donors (Lipinski definition) is 2. The molecule has 0 aliphatic rings. The van der Waals surface area contributed by atoms with Crippen LogP contribution in [0.3, 0.4) is 0 Å². The predicted molar refractivity (Wildman–Crippen MR) is 105 cm³/mol. The summed E-state index contributed by atoms with van der Waals surface area (Å²) in [5, 5.41) is 0.495. The van der Waals surface area contributed by atoms with Gasteiger partial charge in [0.25, 0.3) is 5.91 Å². The number of halogens is 1. The summed E-state index contributed by atoms with van der Waals surface area (Å²) in [6.07, 6.45) is -0.824. The third-order valence-corrected chi connectivity index (χ3v) is 3.96. The second kappa shape index (κ2) is 8.39. The lowest BCUT2D eigenvalue weighted by molar-refractivity contribution is 0.0483. The molecular weight excluding hydrogens is 382 g/mol. The van der Waals surface area contributed by atoms with Gasteiger partial charge in [0.15, 0.2) is 5.78 Å². The first-order chi connectivity index (χ1) is 13.0. The molecule has 0 saturated heterocycles. The summed E-state index contributed by atoms with van der Waals surface area (Å²) < 4.78 is 5.06. The molecule has 0 aliphatic carbocycles. The lowest BCUT2D eigenvalue weighted by atomic mass is 9.99. The summed E-state index contributed by atoms with van der Waals surface area (Å²) in [6.45, 7) is 8.61. The summed E-state index contributed by atoms with van der Waals surface area (Å²) in [5.41, 5.74) is 5.40. The minimum Gasteiger partial charge on any atom is -0.443 e. The van der Waals surface area contributed by atoms with Crippen molar-refractivity contribution in [2.45, 2.75) is 40.2 Å². The SMILES string of the molecule is Cc1cc(C(=O)c2ccc(Cl)cc2)c(C(=O)NNC(=O)OC(C)(C)C)nc1C. The first kappa shape index (κ1) is 21.4. The number of hydrogen-bond acceptors (Lipinski definition) is 5. The number of hydrazine groups is 1. The van der Waals surface area contributed by atoms with Crippen LogP contribution in [0.1, 0.15) is 58.4 Å². The Kier molecular flexibility index (Phi) is 6.41. The second-order valence-corrected chi connectivity index (χ2v) is 7.64. The number of pyridine rings is 1. The summed E-state index contributed by atoms with van der Waals surface area (Å²) >= 11 is 5.87. The van der Waals surface area contributed by atoms with Crippen molar-refractivity contribution in [3.05, 3.63) is 63.4 Å². The molecule has 1 heterocycles. The van der Waals surface area contributed by atoms with Crippen molar-refractivity contribution in [3.8, 4) is 0 Å². The van der Waals surface area contributed by atoms with Crippen molar-refractivity contribution in [1.29, 1.82) is 0 Å². The molecule has 0 atom stereocenters. The van der Waals surface area contributed by atoms with Crippen LogP contribution in [0.4, 0.5) is 4.79 Å². The number of aromatic nitrogens is 1. The molecular formula is C20H22ClN3O4. The topological polar surface area (TPSA) is 97.4 Å². The Bertz CT molecular complexity index is 918. The van der Waals surface area contributed by atoms with Crippen LogP contribution in [0.15, 0.2) is 30.3 Å². The first-order valence-electron chi connectivity index (χ1n) is 8.56. The van der Waals surface area contributed by atoms with Crippen LogP contribution < -0.4 is 10.9 Å². The fourth-order valence-electron chi connectivity index (χ4n) is 2.28. The van der Waals surface area contributed by atoms with Crippen LogP contribution in [0.5, 0.6) is 0 Å². The maximum atomic E-state index is 12.9. The number of ketones is 1. The normalized spacial score (nSPS) is 10.9. The highest BCUT2D eigenvalue weighted by Crippen LogP contribution is 2.19. The average molecular weight is 404 g/mol. The number of carbonyl (C=O) groups excluding carboxylic acids is 3. The number of aryl methyl sites for hydroxylation is 2. The van der Waals surface area contributed by atoms with E-state index in [1.807, 2.05) is 0 Å². The Morgan fingerprint density at radius 2 is 1.64 bits per heavy atom. The smallest absolute Gasteiger partial charge is 0.426 e. The van der Waals surface area contributed by atoms with Crippen molar-refractivity contribution in [3.63, 3.8) is 0 Å². The van der Waals surface area contributed by atoms with Gasteiger partial charge in [0.2, 0.25) is 0 Å². The molecule has 2 N–H and O–H groups in total. The van der Waals surface area contributed by atoms with Crippen LogP contribution in [0.2, 0.25) is 5.02 Å². The van der Waals surface area contributed by atoms with Crippen LogP contribution in [-0.2, 0) is 4.74 Å². The van der Waals surface area contributed by atoms with E-state index in [2.05, 4.69) is 15.8 Å². The summed E-state index contributed by atoms with van der Waals surface area (Å²) in [4.78, 5) is 41.4. The number of rotatable bonds is 3. The van der Waals surface area contributed by atoms with Gasteiger partial charge in [-0.05, 0) is 70.5 Å². The Balaban J connectivity index is 2.29. The molecule has 0 spiro atoms. The van der Waals surface area contributed by atoms with Gasteiger partial charge in [-0.15, -0.1) is 0 Å². The van der Waals surface area contributed by atoms with Crippen molar-refractivity contribution >= 4 is 29.4 Å². The van der Waals surface area contributed by atoms with Gasteiger partial charge in [0.05, 0.1) is 5.56 Å². The molecule has 148 valence electrons. The zero-order valence-corrected chi connectivity index (χ0v) is 17.1. The van der Waals surface area contributed by atoms with Crippen molar-refractivity contribution in [2.75, 3.05) is 0 Å². The molecule has 0 fully saturated rings. The number of ether oxygens (including phenoxy) is 1. The molecule has 0 radical (unpaired) electrons. The molecule has 0 unspecified atom stereocenters. The lowest BCUT2D eigenvalue weighted by Gasteiger charge is -2.20. The van der Waals surface area contributed by atoms with Gasteiger partial charge in [-0.25, -0.2) is 15.2 Å². The van der Waals surface area contributed by atoms with E-state index in [1.54, 1.807) is 65.0 Å². The Hall–Kier alpha value is -2.93. The maximum Gasteiger partial charge on any atom is 0.426 e. The summed E-state index contributed by atoms with van der Waals surface area (Å²) in [7, 11) is 0. The van der Waals surface area contributed by atoms with E-state index in [-0.39, 0.29) is 17.0 Å². The van der Waals surface area contributed by atoms with Gasteiger partial charge in [0, 0.05) is 16.3 Å². The summed E-state index contributed by atoms with van der Waals surface area (Å²) in [6, 6.07) is 7.92. The van der Waals surface area contributed by atoms with Crippen LogP contribution in [0, 0.1) is 13.8 Å². The largest absolute Gasteiger partial charge is 0.443 e. The van der Waals surface area contributed by atoms with E-state index in [0.29, 0.717) is 16.3 Å². The van der Waals surface area contributed by atoms with Crippen molar-refractivity contribution in [1.82, 2.24) is 15.8 Å². The minimum absolute atomic E-state index is 0.0980. The van der Waals surface area contributed by atoms with Gasteiger partial charge in [-0.3, -0.25) is 15.0 Å². The van der Waals surface area contributed by atoms with E-state index >= 15 is 0 Å². The van der Waals surface area contributed by atoms with Crippen LogP contribution in [0.25, 0.3) is 0 Å². The monoisotopic (exact) mass is 403 g/mol. The molecule has 1 aromatic heterocycles. The highest BCUT2D eigenvalue weighted by atomic mass is 35.5. The zero-order valence-electron chi connectivity index (χ0n) is 16.3. The Morgan fingerprint density at radius 1 is 1.04 bits per heavy atom. The Labute approximate surface area is 168 Å². The zero-order chi connectivity index (χ0) is 21.1. The lowest BCUT2D eigenvalue weighted by Crippen LogP contribution is -2.45. The fourth-order valence-corrected chi connectivity index (χ4v) is 2.40. The van der Waals surface area contributed by atoms with Crippen molar-refractivity contribution in [2.24, 2.45) is 0 Å². The predicted octanol–water partition coefficient (Wildman–Crippen LogP) is 3.75. The van der Waals surface area contributed by atoms with E-state index in [1.165, 1.54) is 0 Å². The van der Waals surface area contributed by atoms with Gasteiger partial charge in [-0.2, -0.15) is 0 Å². The molecule has 2 aromatic rings. The minimum atomic E-state index is -0.824. The standard InChI is InChI=1S/C20H22ClN3O4/c1-11-10-15(17(25)13-6-8-14(21)9-7-13)16(22-12(11)2)18(26)23-24-19(27)28-20(3,4)5/h6-10H,1-5H3,(H,23,26)(H,24,27). The Morgan fingerprint density at radius 3 is 2.21 bits per heavy atom. The third kappa shape index (κ3) is 5.53. The van der Waals surface area contributed by atoms with Gasteiger partial charge >= 0.3 is 6.09 Å². The molecule has 0 saturated carbocycles. The summed E-state index contributed by atoms with van der Waals surface area (Å²) in [5.74, 6) is -1.11. The number of benzene rings is 1. The number of amides is 2. The van der Waals surface area contributed by atoms with Crippen LogP contribution >= 0.6 is 11.6 Å². The van der Waals surface area contributed by atoms with Crippen molar-refractivity contribution < 1.29 is 19.1 Å². The van der Waals surface area contributed by atoms with Gasteiger partial charge in [0.1, 0.15) is 11.3 Å². The third-order valence-electron chi connectivity index (χ3n) is 3.71. The molecule has 1 aromatic carbocycles. The molecule has 8 heteroatoms. The quantitative estimate of drug-likeness (QED) is 0.600. The van der Waals surface area contributed by atoms with Gasteiger partial charge in [-0.1, -0.05) is 11.6 Å². The average Bonchev–Trinajstić information content (AvgIpc) is 2.60. The maximum absolute atomic E-state index is 12.9. The molecule has 2 amide bonds. The molecule has 2 rings (SSSR count). The number of nitrogens with zero attached hydrogens (tertiary/aromatic N) is 1. The molecule has 7 nitrogen and oxygen atoms in total. The second-order valence-electron chi connectivity index (χ2n) is 7.20. The van der Waals surface area contributed by atoms with Gasteiger partial charge < -0.3 is 4.74 Å². The number of nitrogens with one attached hydrogen (secondary N) is 2. The first-order valence-corrected chi connectivity index (χ1v) is 8.93.